The molecule has 0 aromatic rings. The number of hydrogen-bond donors (Lipinski definition) is 1. The van der Waals surface area contributed by atoms with Gasteiger partial charge in [-0.15, -0.1) is 0 Å². The second-order valence-electron chi connectivity index (χ2n) is 4.58. The van der Waals surface area contributed by atoms with E-state index in [0.717, 1.165) is 24.4 Å². The normalized spacial score (nSPS) is 40.5. The smallest absolute Gasteiger partial charge is 0.0428 e. The number of aliphatic imine (C=N–C) groups is 1. The third-order valence-electron chi connectivity index (χ3n) is 3.40. The standard InChI is InChI=1S/C11H20N2/c1-9-4-6-13-11(7-9)10-3-2-5-12-8-10/h5,9-11,13H,2-4,6-8H2,1H3. The number of hydrogen-bond acceptors (Lipinski definition) is 2. The number of nitrogens with one attached hydrogen (secondary N) is 1. The Labute approximate surface area is 80.8 Å². The molecule has 2 nitrogen and oxygen atoms in total. The van der Waals surface area contributed by atoms with Gasteiger partial charge in [0, 0.05) is 12.6 Å². The van der Waals surface area contributed by atoms with Gasteiger partial charge in [-0.05, 0) is 50.3 Å². The van der Waals surface area contributed by atoms with Gasteiger partial charge in [0.15, 0.2) is 0 Å². The van der Waals surface area contributed by atoms with Gasteiger partial charge >= 0.3 is 0 Å². The number of nitrogens with zero attached hydrogens (tertiary/aromatic N) is 1. The Morgan fingerprint density at radius 1 is 1.38 bits per heavy atom. The SMILES string of the molecule is CC1CCNC(C2CCC=NC2)C1. The van der Waals surface area contributed by atoms with E-state index in [4.69, 9.17) is 0 Å². The van der Waals surface area contributed by atoms with Crippen LogP contribution in [-0.2, 0) is 0 Å². The van der Waals surface area contributed by atoms with E-state index >= 15 is 0 Å². The van der Waals surface area contributed by atoms with Crippen molar-refractivity contribution in [2.75, 3.05) is 13.1 Å². The number of piperidine rings is 1. The van der Waals surface area contributed by atoms with Crippen LogP contribution < -0.4 is 5.32 Å². The van der Waals surface area contributed by atoms with Gasteiger partial charge in [0.2, 0.25) is 0 Å². The summed E-state index contributed by atoms with van der Waals surface area (Å²) in [6.45, 7) is 4.65. The molecule has 0 amide bonds. The molecule has 3 atom stereocenters. The van der Waals surface area contributed by atoms with Crippen LogP contribution in [0.15, 0.2) is 4.99 Å². The molecule has 74 valence electrons. The van der Waals surface area contributed by atoms with Crippen molar-refractivity contribution in [2.45, 2.75) is 38.6 Å². The minimum absolute atomic E-state index is 0.751. The van der Waals surface area contributed by atoms with E-state index in [1.807, 2.05) is 0 Å². The van der Waals surface area contributed by atoms with Gasteiger partial charge in [-0.2, -0.15) is 0 Å². The highest BCUT2D eigenvalue weighted by Gasteiger charge is 2.26. The first-order chi connectivity index (χ1) is 6.36. The maximum atomic E-state index is 4.39. The minimum atomic E-state index is 0.751. The predicted octanol–water partition coefficient (Wildman–Crippen LogP) is 1.86. The molecular weight excluding hydrogens is 160 g/mol. The van der Waals surface area contributed by atoms with Crippen LogP contribution >= 0.6 is 0 Å². The zero-order valence-electron chi connectivity index (χ0n) is 8.50. The molecule has 2 heteroatoms. The van der Waals surface area contributed by atoms with Gasteiger partial charge < -0.3 is 5.32 Å². The minimum Gasteiger partial charge on any atom is -0.314 e. The Bertz CT molecular complexity index is 189. The lowest BCUT2D eigenvalue weighted by atomic mass is 9.83. The van der Waals surface area contributed by atoms with E-state index < -0.39 is 0 Å². The molecule has 0 spiro atoms. The summed E-state index contributed by atoms with van der Waals surface area (Å²) in [5.74, 6) is 1.73. The molecular formula is C11H20N2. The first kappa shape index (κ1) is 9.20. The molecule has 1 fully saturated rings. The fourth-order valence-corrected chi connectivity index (χ4v) is 2.52. The summed E-state index contributed by atoms with van der Waals surface area (Å²) in [6.07, 6.45) is 7.33. The molecule has 2 aliphatic rings. The molecule has 2 heterocycles. The van der Waals surface area contributed by atoms with Gasteiger partial charge in [0.05, 0.1) is 0 Å². The second-order valence-corrected chi connectivity index (χ2v) is 4.58. The predicted molar refractivity (Wildman–Crippen MR) is 56.3 cm³/mol. The van der Waals surface area contributed by atoms with E-state index in [1.165, 1.54) is 32.2 Å². The highest BCUT2D eigenvalue weighted by atomic mass is 14.9. The Morgan fingerprint density at radius 3 is 3.00 bits per heavy atom. The van der Waals surface area contributed by atoms with Crippen LogP contribution in [-0.4, -0.2) is 25.3 Å². The van der Waals surface area contributed by atoms with Crippen molar-refractivity contribution in [1.82, 2.24) is 5.32 Å². The molecule has 13 heavy (non-hydrogen) atoms. The molecule has 0 aromatic carbocycles. The summed E-state index contributed by atoms with van der Waals surface area (Å²) in [6, 6.07) is 0.751. The maximum Gasteiger partial charge on any atom is 0.0428 e. The highest BCUT2D eigenvalue weighted by molar-refractivity contribution is 5.57. The number of rotatable bonds is 1. The molecule has 3 unspecified atom stereocenters. The molecule has 0 radical (unpaired) electrons. The van der Waals surface area contributed by atoms with E-state index in [0.29, 0.717) is 0 Å². The van der Waals surface area contributed by atoms with Crippen LogP contribution in [0.5, 0.6) is 0 Å². The van der Waals surface area contributed by atoms with Crippen LogP contribution in [0, 0.1) is 11.8 Å². The fraction of sp³-hybridized carbons (Fsp3) is 0.909. The summed E-state index contributed by atoms with van der Waals surface area (Å²) < 4.78 is 0. The van der Waals surface area contributed by atoms with Crippen LogP contribution in [0.25, 0.3) is 0 Å². The van der Waals surface area contributed by atoms with E-state index in [-0.39, 0.29) is 0 Å². The van der Waals surface area contributed by atoms with Crippen molar-refractivity contribution in [3.8, 4) is 0 Å². The Morgan fingerprint density at radius 2 is 2.31 bits per heavy atom. The van der Waals surface area contributed by atoms with Crippen LogP contribution in [0.2, 0.25) is 0 Å². The molecule has 2 rings (SSSR count). The maximum absolute atomic E-state index is 4.39. The largest absolute Gasteiger partial charge is 0.314 e. The van der Waals surface area contributed by atoms with E-state index in [1.54, 1.807) is 0 Å². The van der Waals surface area contributed by atoms with Gasteiger partial charge in [-0.1, -0.05) is 6.92 Å². The van der Waals surface area contributed by atoms with Crippen LogP contribution in [0.1, 0.15) is 32.6 Å². The molecule has 0 aliphatic carbocycles. The third kappa shape index (κ3) is 2.31. The molecule has 0 bridgehead atoms. The van der Waals surface area contributed by atoms with Crippen molar-refractivity contribution in [3.63, 3.8) is 0 Å². The lowest BCUT2D eigenvalue weighted by molar-refractivity contribution is 0.241. The van der Waals surface area contributed by atoms with Crippen molar-refractivity contribution in [3.05, 3.63) is 0 Å². The third-order valence-corrected chi connectivity index (χ3v) is 3.40. The Kier molecular flexibility index (Phi) is 2.99. The summed E-state index contributed by atoms with van der Waals surface area (Å²) in [5, 5.41) is 3.65. The Hall–Kier alpha value is -0.370. The lowest BCUT2D eigenvalue weighted by Gasteiger charge is -2.34. The summed E-state index contributed by atoms with van der Waals surface area (Å²) in [4.78, 5) is 4.39. The molecule has 2 aliphatic heterocycles. The second kappa shape index (κ2) is 4.23. The average Bonchev–Trinajstić information content (AvgIpc) is 2.19. The monoisotopic (exact) mass is 180 g/mol. The summed E-state index contributed by atoms with van der Waals surface area (Å²) in [7, 11) is 0. The van der Waals surface area contributed by atoms with Gasteiger partial charge in [-0.3, -0.25) is 4.99 Å². The topological polar surface area (TPSA) is 24.4 Å². The zero-order valence-corrected chi connectivity index (χ0v) is 8.50. The van der Waals surface area contributed by atoms with Gasteiger partial charge in [0.1, 0.15) is 0 Å². The van der Waals surface area contributed by atoms with Crippen LogP contribution in [0.4, 0.5) is 0 Å². The summed E-state index contributed by atoms with van der Waals surface area (Å²) >= 11 is 0. The lowest BCUT2D eigenvalue weighted by Crippen LogP contribution is -2.44. The molecule has 1 saturated heterocycles. The van der Waals surface area contributed by atoms with Crippen molar-refractivity contribution in [1.29, 1.82) is 0 Å². The van der Waals surface area contributed by atoms with Crippen molar-refractivity contribution < 1.29 is 0 Å². The molecule has 0 aromatic heterocycles. The fourth-order valence-electron chi connectivity index (χ4n) is 2.52. The summed E-state index contributed by atoms with van der Waals surface area (Å²) in [5.41, 5.74) is 0. The molecule has 1 N–H and O–H groups in total. The van der Waals surface area contributed by atoms with Gasteiger partial charge in [-0.25, -0.2) is 0 Å². The highest BCUT2D eigenvalue weighted by Crippen LogP contribution is 2.24. The first-order valence-corrected chi connectivity index (χ1v) is 5.58. The zero-order chi connectivity index (χ0) is 9.10. The van der Waals surface area contributed by atoms with Crippen LogP contribution in [0.3, 0.4) is 0 Å². The molecule has 0 saturated carbocycles. The van der Waals surface area contributed by atoms with Crippen molar-refractivity contribution >= 4 is 6.21 Å². The first-order valence-electron chi connectivity index (χ1n) is 5.58. The van der Waals surface area contributed by atoms with E-state index in [2.05, 4.69) is 23.4 Å². The average molecular weight is 180 g/mol. The van der Waals surface area contributed by atoms with Gasteiger partial charge in [0.25, 0.3) is 0 Å². The quantitative estimate of drug-likeness (QED) is 0.654. The van der Waals surface area contributed by atoms with E-state index in [9.17, 15) is 0 Å². The Balaban J connectivity index is 1.88. The van der Waals surface area contributed by atoms with Crippen molar-refractivity contribution in [2.24, 2.45) is 16.8 Å².